The number of hydrogen-bond acceptors (Lipinski definition) is 2. The van der Waals surface area contributed by atoms with Crippen LogP contribution in [0, 0.1) is 5.41 Å². The summed E-state index contributed by atoms with van der Waals surface area (Å²) in [5.74, 6) is -0.0184. The van der Waals surface area contributed by atoms with Gasteiger partial charge >= 0.3 is 0 Å². The standard InChI is InChI=1S/C13H10BrClN2S/c14-8-4-1-2-6-10(8)18-11-7-3-5-9(15)12(11)13(16)17/h1-7H,(H3,16,17). The van der Waals surface area contributed by atoms with E-state index in [1.165, 1.54) is 11.8 Å². The Morgan fingerprint density at radius 1 is 1.11 bits per heavy atom. The van der Waals surface area contributed by atoms with E-state index < -0.39 is 0 Å². The molecule has 0 aliphatic rings. The van der Waals surface area contributed by atoms with Crippen molar-refractivity contribution < 1.29 is 0 Å². The van der Waals surface area contributed by atoms with E-state index in [1.807, 2.05) is 36.4 Å². The third-order valence-electron chi connectivity index (χ3n) is 2.30. The van der Waals surface area contributed by atoms with Crippen molar-refractivity contribution in [2.75, 3.05) is 0 Å². The Hall–Kier alpha value is -0.970. The normalized spacial score (nSPS) is 10.3. The molecule has 0 heterocycles. The lowest BCUT2D eigenvalue weighted by atomic mass is 10.2. The Bertz CT molecular complexity index is 601. The molecule has 0 aromatic heterocycles. The topological polar surface area (TPSA) is 49.9 Å². The van der Waals surface area contributed by atoms with Crippen molar-refractivity contribution in [2.24, 2.45) is 5.73 Å². The highest BCUT2D eigenvalue weighted by Crippen LogP contribution is 2.36. The number of benzene rings is 2. The van der Waals surface area contributed by atoms with Crippen molar-refractivity contribution in [2.45, 2.75) is 9.79 Å². The third kappa shape index (κ3) is 2.88. The molecule has 0 spiro atoms. The van der Waals surface area contributed by atoms with E-state index in [0.29, 0.717) is 10.6 Å². The van der Waals surface area contributed by atoms with Gasteiger partial charge in [-0.25, -0.2) is 0 Å². The van der Waals surface area contributed by atoms with E-state index in [9.17, 15) is 0 Å². The minimum atomic E-state index is -0.0184. The van der Waals surface area contributed by atoms with Gasteiger partial charge in [-0.2, -0.15) is 0 Å². The Balaban J connectivity index is 2.44. The lowest BCUT2D eigenvalue weighted by molar-refractivity contribution is 1.32. The van der Waals surface area contributed by atoms with Crippen LogP contribution in [0.2, 0.25) is 5.02 Å². The molecule has 0 aliphatic heterocycles. The molecule has 2 aromatic carbocycles. The summed E-state index contributed by atoms with van der Waals surface area (Å²) in [6.45, 7) is 0. The van der Waals surface area contributed by atoms with E-state index in [1.54, 1.807) is 6.07 Å². The van der Waals surface area contributed by atoms with Gasteiger partial charge in [-0.1, -0.05) is 41.6 Å². The Morgan fingerprint density at radius 2 is 1.78 bits per heavy atom. The first-order chi connectivity index (χ1) is 8.59. The van der Waals surface area contributed by atoms with Crippen LogP contribution in [-0.4, -0.2) is 5.84 Å². The second kappa shape index (κ2) is 5.78. The minimum Gasteiger partial charge on any atom is -0.384 e. The van der Waals surface area contributed by atoms with Crippen LogP contribution in [0.1, 0.15) is 5.56 Å². The summed E-state index contributed by atoms with van der Waals surface area (Å²) in [5.41, 5.74) is 6.16. The van der Waals surface area contributed by atoms with Crippen molar-refractivity contribution in [3.63, 3.8) is 0 Å². The first-order valence-corrected chi connectivity index (χ1v) is 7.13. The molecule has 92 valence electrons. The lowest BCUT2D eigenvalue weighted by Gasteiger charge is -2.10. The average molecular weight is 342 g/mol. The van der Waals surface area contributed by atoms with Crippen LogP contribution in [-0.2, 0) is 0 Å². The van der Waals surface area contributed by atoms with E-state index >= 15 is 0 Å². The number of rotatable bonds is 3. The number of amidine groups is 1. The van der Waals surface area contributed by atoms with E-state index in [0.717, 1.165) is 14.3 Å². The number of nitrogens with one attached hydrogen (secondary N) is 1. The molecule has 2 aromatic rings. The fourth-order valence-electron chi connectivity index (χ4n) is 1.50. The number of hydrogen-bond donors (Lipinski definition) is 2. The maximum Gasteiger partial charge on any atom is 0.125 e. The summed E-state index contributed by atoms with van der Waals surface area (Å²) in [5, 5.41) is 8.10. The van der Waals surface area contributed by atoms with Gasteiger partial charge in [-0.05, 0) is 40.2 Å². The molecule has 18 heavy (non-hydrogen) atoms. The first kappa shape index (κ1) is 13.5. The van der Waals surface area contributed by atoms with Gasteiger partial charge < -0.3 is 5.73 Å². The van der Waals surface area contributed by atoms with Crippen molar-refractivity contribution in [3.8, 4) is 0 Å². The van der Waals surface area contributed by atoms with Crippen LogP contribution in [0.5, 0.6) is 0 Å². The highest BCUT2D eigenvalue weighted by molar-refractivity contribution is 9.10. The maximum atomic E-state index is 7.60. The van der Waals surface area contributed by atoms with Crippen LogP contribution in [0.15, 0.2) is 56.7 Å². The molecule has 0 saturated heterocycles. The van der Waals surface area contributed by atoms with Crippen LogP contribution in [0.25, 0.3) is 0 Å². The lowest BCUT2D eigenvalue weighted by Crippen LogP contribution is -2.12. The molecule has 2 nitrogen and oxygen atoms in total. The summed E-state index contributed by atoms with van der Waals surface area (Å²) in [4.78, 5) is 1.93. The van der Waals surface area contributed by atoms with Crippen molar-refractivity contribution in [1.82, 2.24) is 0 Å². The predicted octanol–water partition coefficient (Wildman–Crippen LogP) is 4.54. The monoisotopic (exact) mass is 340 g/mol. The maximum absolute atomic E-state index is 7.60. The first-order valence-electron chi connectivity index (χ1n) is 5.15. The summed E-state index contributed by atoms with van der Waals surface area (Å²) < 4.78 is 1.00. The highest BCUT2D eigenvalue weighted by Gasteiger charge is 2.12. The predicted molar refractivity (Wildman–Crippen MR) is 80.7 cm³/mol. The Kier molecular flexibility index (Phi) is 4.32. The van der Waals surface area contributed by atoms with Gasteiger partial charge in [0.25, 0.3) is 0 Å². The fourth-order valence-corrected chi connectivity index (χ4v) is 3.37. The van der Waals surface area contributed by atoms with Crippen LogP contribution < -0.4 is 5.73 Å². The molecular weight excluding hydrogens is 332 g/mol. The molecule has 3 N–H and O–H groups in total. The van der Waals surface area contributed by atoms with Crippen LogP contribution in [0.4, 0.5) is 0 Å². The molecule has 0 fully saturated rings. The van der Waals surface area contributed by atoms with Gasteiger partial charge in [0.1, 0.15) is 5.84 Å². The van der Waals surface area contributed by atoms with Crippen LogP contribution in [0.3, 0.4) is 0 Å². The van der Waals surface area contributed by atoms with Gasteiger partial charge in [0, 0.05) is 19.8 Å². The largest absolute Gasteiger partial charge is 0.384 e. The second-order valence-electron chi connectivity index (χ2n) is 3.56. The molecule has 5 heteroatoms. The number of halogens is 2. The molecule has 0 aliphatic carbocycles. The van der Waals surface area contributed by atoms with Gasteiger partial charge in [0.15, 0.2) is 0 Å². The van der Waals surface area contributed by atoms with E-state index in [4.69, 9.17) is 22.7 Å². The quantitative estimate of drug-likeness (QED) is 0.636. The van der Waals surface area contributed by atoms with Gasteiger partial charge in [-0.15, -0.1) is 0 Å². The zero-order valence-electron chi connectivity index (χ0n) is 9.28. The number of nitrogens with two attached hydrogens (primary N) is 1. The van der Waals surface area contributed by atoms with E-state index in [2.05, 4.69) is 15.9 Å². The molecule has 0 radical (unpaired) electrons. The highest BCUT2D eigenvalue weighted by atomic mass is 79.9. The molecule has 0 saturated carbocycles. The van der Waals surface area contributed by atoms with Crippen molar-refractivity contribution >= 4 is 45.1 Å². The van der Waals surface area contributed by atoms with Crippen molar-refractivity contribution in [3.05, 3.63) is 57.5 Å². The second-order valence-corrected chi connectivity index (χ2v) is 5.90. The molecule has 0 bridgehead atoms. The summed E-state index contributed by atoms with van der Waals surface area (Å²) in [6.07, 6.45) is 0. The minimum absolute atomic E-state index is 0.0184. The fraction of sp³-hybridized carbons (Fsp3) is 0. The third-order valence-corrected chi connectivity index (χ3v) is 4.71. The van der Waals surface area contributed by atoms with Crippen LogP contribution >= 0.6 is 39.3 Å². The number of nitrogen functional groups attached to an aromatic ring is 1. The SMILES string of the molecule is N=C(N)c1c(Cl)cccc1Sc1ccccc1Br. The zero-order valence-corrected chi connectivity index (χ0v) is 12.4. The average Bonchev–Trinajstić information content (AvgIpc) is 2.31. The smallest absolute Gasteiger partial charge is 0.125 e. The molecule has 2 rings (SSSR count). The zero-order chi connectivity index (χ0) is 13.1. The van der Waals surface area contributed by atoms with Gasteiger partial charge in [0.2, 0.25) is 0 Å². The van der Waals surface area contributed by atoms with Gasteiger partial charge in [-0.3, -0.25) is 5.41 Å². The summed E-state index contributed by atoms with van der Waals surface area (Å²) in [6, 6.07) is 13.4. The molecule has 0 amide bonds. The molecule has 0 atom stereocenters. The Morgan fingerprint density at radius 3 is 2.44 bits per heavy atom. The summed E-state index contributed by atoms with van der Waals surface area (Å²) >= 11 is 11.1. The van der Waals surface area contributed by atoms with Gasteiger partial charge in [0.05, 0.1) is 5.02 Å². The van der Waals surface area contributed by atoms with Crippen molar-refractivity contribution in [1.29, 1.82) is 5.41 Å². The summed E-state index contributed by atoms with van der Waals surface area (Å²) in [7, 11) is 0. The molecule has 0 unspecified atom stereocenters. The van der Waals surface area contributed by atoms with E-state index in [-0.39, 0.29) is 5.84 Å². The Labute approximate surface area is 123 Å². The molecular formula is C13H10BrClN2S.